The van der Waals surface area contributed by atoms with Gasteiger partial charge in [0.15, 0.2) is 0 Å². The van der Waals surface area contributed by atoms with Crippen molar-refractivity contribution in [2.24, 2.45) is 0 Å². The molecule has 0 N–H and O–H groups in total. The van der Waals surface area contributed by atoms with E-state index in [4.69, 9.17) is 4.98 Å². The highest BCUT2D eigenvalue weighted by molar-refractivity contribution is 9.10. The molecule has 0 bridgehead atoms. The lowest BCUT2D eigenvalue weighted by Crippen LogP contribution is -2.26. The van der Waals surface area contributed by atoms with Crippen LogP contribution in [-0.4, -0.2) is 4.98 Å². The number of benzene rings is 5. The van der Waals surface area contributed by atoms with E-state index in [0.717, 1.165) is 21.2 Å². The number of pyridine rings is 1. The van der Waals surface area contributed by atoms with Gasteiger partial charge < -0.3 is 0 Å². The minimum Gasteiger partial charge on any atom is -0.247 e. The van der Waals surface area contributed by atoms with Crippen LogP contribution in [-0.2, 0) is 5.41 Å². The van der Waals surface area contributed by atoms with Crippen molar-refractivity contribution in [2.75, 3.05) is 0 Å². The fourth-order valence-electron chi connectivity index (χ4n) is 6.67. The molecule has 0 aliphatic heterocycles. The molecule has 1 spiro atoms. The smallest absolute Gasteiger partial charge is 0.0791 e. The van der Waals surface area contributed by atoms with Crippen molar-refractivity contribution in [3.05, 3.63) is 148 Å². The Bertz CT molecular complexity index is 1850. The van der Waals surface area contributed by atoms with Crippen molar-refractivity contribution in [3.8, 4) is 33.5 Å². The molecule has 0 fully saturated rings. The maximum atomic E-state index is 5.29. The van der Waals surface area contributed by atoms with Crippen LogP contribution < -0.4 is 0 Å². The van der Waals surface area contributed by atoms with Gasteiger partial charge in [0, 0.05) is 26.5 Å². The minimum atomic E-state index is -0.409. The third-order valence-corrected chi connectivity index (χ3v) is 8.59. The van der Waals surface area contributed by atoms with Gasteiger partial charge >= 0.3 is 0 Å². The lowest BCUT2D eigenvalue weighted by molar-refractivity contribution is 0.800. The number of hydrogen-bond acceptors (Lipinski definition) is 1. The molecule has 8 rings (SSSR count). The molecular weight excluding hydrogens is 502 g/mol. The minimum absolute atomic E-state index is 0.409. The summed E-state index contributed by atoms with van der Waals surface area (Å²) < 4.78 is 1.14. The molecule has 1 aromatic heterocycles. The molecule has 0 saturated carbocycles. The van der Waals surface area contributed by atoms with Gasteiger partial charge in [0.25, 0.3) is 0 Å². The van der Waals surface area contributed by atoms with Gasteiger partial charge in [-0.05, 0) is 45.5 Å². The number of para-hydroxylation sites is 1. The summed E-state index contributed by atoms with van der Waals surface area (Å²) in [6, 6.07) is 43.8. The summed E-state index contributed by atoms with van der Waals surface area (Å²) in [5.41, 5.74) is 13.3. The van der Waals surface area contributed by atoms with Gasteiger partial charge in [-0.15, -0.1) is 0 Å². The maximum absolute atomic E-state index is 5.29. The first-order chi connectivity index (χ1) is 17.8. The summed E-state index contributed by atoms with van der Waals surface area (Å²) in [5.74, 6) is 0. The van der Waals surface area contributed by atoms with E-state index < -0.39 is 5.41 Å². The first kappa shape index (κ1) is 20.2. The maximum Gasteiger partial charge on any atom is 0.0791 e. The molecule has 2 heteroatoms. The summed E-state index contributed by atoms with van der Waals surface area (Å²) in [5, 5.41) is 1.21. The van der Waals surface area contributed by atoms with Gasteiger partial charge in [0.1, 0.15) is 0 Å². The largest absolute Gasteiger partial charge is 0.247 e. The SMILES string of the molecule is Brc1cccc2c1-c1ccccc1C21c2ccccc2-c2c(-c3ccccc3)nc3ccccc3c21. The molecular formula is C34H20BrN. The first-order valence-electron chi connectivity index (χ1n) is 12.3. The van der Waals surface area contributed by atoms with Crippen LogP contribution >= 0.6 is 15.9 Å². The van der Waals surface area contributed by atoms with Crippen molar-refractivity contribution in [1.29, 1.82) is 0 Å². The lowest BCUT2D eigenvalue weighted by Gasteiger charge is -2.31. The number of nitrogens with zero attached hydrogens (tertiary/aromatic N) is 1. The average molecular weight is 522 g/mol. The Morgan fingerprint density at radius 3 is 1.92 bits per heavy atom. The Kier molecular flexibility index (Phi) is 4.07. The molecule has 0 saturated heterocycles. The van der Waals surface area contributed by atoms with Crippen molar-refractivity contribution in [1.82, 2.24) is 4.98 Å². The molecule has 2 aliphatic rings. The Balaban J connectivity index is 1.66. The second-order valence-electron chi connectivity index (χ2n) is 9.60. The summed E-state index contributed by atoms with van der Waals surface area (Å²) in [6.07, 6.45) is 0. The Hall–Kier alpha value is -4.01. The molecule has 0 radical (unpaired) electrons. The van der Waals surface area contributed by atoms with Gasteiger partial charge in [-0.25, -0.2) is 4.98 Å². The number of fused-ring (bicyclic) bond motifs is 12. The standard InChI is InChI=1S/C34H20BrN/c35-28-19-10-18-27-30(28)22-13-4-7-16-25(22)34(27)26-17-8-5-14-23(26)31-32(34)24-15-6-9-20-29(24)36-33(31)21-11-2-1-3-12-21/h1-20H. The highest BCUT2D eigenvalue weighted by atomic mass is 79.9. The quantitative estimate of drug-likeness (QED) is 0.210. The van der Waals surface area contributed by atoms with Gasteiger partial charge in [0.05, 0.1) is 16.6 Å². The van der Waals surface area contributed by atoms with Crippen LogP contribution in [0.1, 0.15) is 22.3 Å². The predicted octanol–water partition coefficient (Wildman–Crippen LogP) is 9.01. The van der Waals surface area contributed by atoms with Crippen molar-refractivity contribution < 1.29 is 0 Å². The third kappa shape index (κ3) is 2.38. The van der Waals surface area contributed by atoms with Crippen LogP contribution in [0.3, 0.4) is 0 Å². The summed E-state index contributed by atoms with van der Waals surface area (Å²) >= 11 is 3.92. The zero-order chi connectivity index (χ0) is 23.9. The number of aromatic nitrogens is 1. The normalized spacial score (nSPS) is 16.6. The molecule has 36 heavy (non-hydrogen) atoms. The van der Waals surface area contributed by atoms with Crippen LogP contribution in [0.4, 0.5) is 0 Å². The number of hydrogen-bond donors (Lipinski definition) is 0. The fraction of sp³-hybridized carbons (Fsp3) is 0.0294. The molecule has 1 unspecified atom stereocenters. The van der Waals surface area contributed by atoms with Gasteiger partial charge in [-0.1, -0.05) is 125 Å². The Morgan fingerprint density at radius 1 is 0.528 bits per heavy atom. The first-order valence-corrected chi connectivity index (χ1v) is 13.1. The topological polar surface area (TPSA) is 12.9 Å². The van der Waals surface area contributed by atoms with E-state index in [0.29, 0.717) is 0 Å². The van der Waals surface area contributed by atoms with Crippen molar-refractivity contribution in [3.63, 3.8) is 0 Å². The van der Waals surface area contributed by atoms with Crippen LogP contribution in [0.5, 0.6) is 0 Å². The van der Waals surface area contributed by atoms with Crippen LogP contribution in [0.15, 0.2) is 126 Å². The van der Waals surface area contributed by atoms with Gasteiger partial charge in [-0.2, -0.15) is 0 Å². The molecule has 168 valence electrons. The van der Waals surface area contributed by atoms with E-state index in [1.807, 2.05) is 0 Å². The average Bonchev–Trinajstić information content (AvgIpc) is 3.42. The van der Waals surface area contributed by atoms with E-state index in [1.54, 1.807) is 0 Å². The van der Waals surface area contributed by atoms with E-state index >= 15 is 0 Å². The molecule has 1 heterocycles. The predicted molar refractivity (Wildman–Crippen MR) is 151 cm³/mol. The van der Waals surface area contributed by atoms with Gasteiger partial charge in [-0.3, -0.25) is 0 Å². The van der Waals surface area contributed by atoms with Crippen LogP contribution in [0.25, 0.3) is 44.4 Å². The van der Waals surface area contributed by atoms with E-state index in [2.05, 4.69) is 137 Å². The van der Waals surface area contributed by atoms with E-state index in [-0.39, 0.29) is 0 Å². The summed E-state index contributed by atoms with van der Waals surface area (Å²) in [4.78, 5) is 5.29. The highest BCUT2D eigenvalue weighted by Gasteiger charge is 2.53. The fourth-order valence-corrected chi connectivity index (χ4v) is 7.25. The zero-order valence-electron chi connectivity index (χ0n) is 19.4. The number of halogens is 1. The van der Waals surface area contributed by atoms with E-state index in [1.165, 1.54) is 49.9 Å². The number of rotatable bonds is 1. The van der Waals surface area contributed by atoms with Gasteiger partial charge in [0.2, 0.25) is 0 Å². The summed E-state index contributed by atoms with van der Waals surface area (Å²) in [6.45, 7) is 0. The highest BCUT2D eigenvalue weighted by Crippen LogP contribution is 2.65. The summed E-state index contributed by atoms with van der Waals surface area (Å²) in [7, 11) is 0. The molecule has 1 nitrogen and oxygen atoms in total. The molecule has 2 aliphatic carbocycles. The lowest BCUT2D eigenvalue weighted by atomic mass is 9.69. The Labute approximate surface area is 218 Å². The monoisotopic (exact) mass is 521 g/mol. The second kappa shape index (κ2) is 7.25. The van der Waals surface area contributed by atoms with Crippen LogP contribution in [0.2, 0.25) is 0 Å². The third-order valence-electron chi connectivity index (χ3n) is 7.93. The van der Waals surface area contributed by atoms with Crippen molar-refractivity contribution in [2.45, 2.75) is 5.41 Å². The molecule has 1 atom stereocenters. The van der Waals surface area contributed by atoms with Crippen LogP contribution in [0, 0.1) is 0 Å². The zero-order valence-corrected chi connectivity index (χ0v) is 21.0. The Morgan fingerprint density at radius 2 is 1.14 bits per heavy atom. The molecule has 5 aromatic carbocycles. The molecule has 0 amide bonds. The molecule has 6 aromatic rings. The van der Waals surface area contributed by atoms with E-state index in [9.17, 15) is 0 Å². The second-order valence-corrected chi connectivity index (χ2v) is 10.5. The van der Waals surface area contributed by atoms with Crippen molar-refractivity contribution >= 4 is 26.8 Å².